The van der Waals surface area contributed by atoms with E-state index in [-0.39, 0.29) is 11.7 Å². The molecule has 0 unspecified atom stereocenters. The van der Waals surface area contributed by atoms with Crippen molar-refractivity contribution in [2.75, 3.05) is 5.32 Å². The Morgan fingerprint density at radius 3 is 2.96 bits per heavy atom. The first-order valence-electron chi connectivity index (χ1n) is 7.53. The zero-order chi connectivity index (χ0) is 16.4. The second-order valence-corrected chi connectivity index (χ2v) is 5.37. The van der Waals surface area contributed by atoms with Gasteiger partial charge in [-0.1, -0.05) is 0 Å². The Kier molecular flexibility index (Phi) is 4.10. The third-order valence-corrected chi connectivity index (χ3v) is 3.62. The molecule has 3 rings (SSSR count). The van der Waals surface area contributed by atoms with E-state index in [2.05, 4.69) is 20.3 Å². The number of carbonyl (C=O) groups is 1. The monoisotopic (exact) mass is 315 g/mol. The number of rotatable bonds is 5. The van der Waals surface area contributed by atoms with Crippen molar-refractivity contribution in [2.45, 2.75) is 33.2 Å². The molecule has 0 aliphatic heterocycles. The lowest BCUT2D eigenvalue weighted by Gasteiger charge is -2.07. The second-order valence-electron chi connectivity index (χ2n) is 5.37. The third-order valence-electron chi connectivity index (χ3n) is 3.62. The number of anilines is 1. The van der Waals surface area contributed by atoms with E-state index < -0.39 is 0 Å². The molecule has 1 aromatic carbocycles. The number of aromatic amines is 1. The van der Waals surface area contributed by atoms with Gasteiger partial charge in [-0.05, 0) is 32.0 Å². The van der Waals surface area contributed by atoms with Crippen LogP contribution in [0.5, 0.6) is 0 Å². The molecule has 0 radical (unpaired) electrons. The molecule has 7 heteroatoms. The van der Waals surface area contributed by atoms with Crippen molar-refractivity contribution in [1.29, 1.82) is 0 Å². The van der Waals surface area contributed by atoms with Crippen LogP contribution in [0.4, 0.5) is 10.3 Å². The number of benzene rings is 1. The van der Waals surface area contributed by atoms with Crippen molar-refractivity contribution >= 4 is 22.9 Å². The van der Waals surface area contributed by atoms with Gasteiger partial charge in [-0.2, -0.15) is 0 Å². The zero-order valence-electron chi connectivity index (χ0n) is 13.1. The Balaban J connectivity index is 1.74. The molecule has 2 aromatic heterocycles. The molecule has 0 atom stereocenters. The number of nitrogens with zero attached hydrogens (tertiary/aromatic N) is 3. The van der Waals surface area contributed by atoms with Crippen LogP contribution in [0.25, 0.3) is 11.0 Å². The highest BCUT2D eigenvalue weighted by Gasteiger charge is 2.13. The van der Waals surface area contributed by atoms with Crippen LogP contribution in [0.15, 0.2) is 24.4 Å². The lowest BCUT2D eigenvalue weighted by molar-refractivity contribution is -0.116. The third kappa shape index (κ3) is 3.23. The Morgan fingerprint density at radius 2 is 2.26 bits per heavy atom. The maximum atomic E-state index is 13.4. The summed E-state index contributed by atoms with van der Waals surface area (Å²) < 4.78 is 15.2. The highest BCUT2D eigenvalue weighted by atomic mass is 19.1. The molecule has 0 bridgehead atoms. The lowest BCUT2D eigenvalue weighted by Crippen LogP contribution is -2.16. The molecule has 6 nitrogen and oxygen atoms in total. The van der Waals surface area contributed by atoms with Gasteiger partial charge in [0.1, 0.15) is 11.6 Å². The summed E-state index contributed by atoms with van der Waals surface area (Å²) in [6.07, 6.45) is 2.56. The first kappa shape index (κ1) is 15.2. The number of fused-ring (bicyclic) bond motifs is 1. The highest BCUT2D eigenvalue weighted by Crippen LogP contribution is 2.20. The fourth-order valence-corrected chi connectivity index (χ4v) is 2.52. The number of aryl methyl sites for hydroxylation is 3. The minimum Gasteiger partial charge on any atom is -0.346 e. The first-order chi connectivity index (χ1) is 11.1. The van der Waals surface area contributed by atoms with Gasteiger partial charge in [-0.15, -0.1) is 0 Å². The molecular weight excluding hydrogens is 297 g/mol. The fourth-order valence-electron chi connectivity index (χ4n) is 2.52. The van der Waals surface area contributed by atoms with Crippen molar-refractivity contribution in [3.63, 3.8) is 0 Å². The van der Waals surface area contributed by atoms with Crippen molar-refractivity contribution in [3.8, 4) is 0 Å². The average molecular weight is 315 g/mol. The predicted octanol–water partition coefficient (Wildman–Crippen LogP) is 2.80. The summed E-state index contributed by atoms with van der Waals surface area (Å²) in [4.78, 5) is 23.8. The first-order valence-corrected chi connectivity index (χ1v) is 7.53. The molecule has 0 saturated heterocycles. The van der Waals surface area contributed by atoms with E-state index in [1.165, 1.54) is 12.1 Å². The number of amides is 1. The lowest BCUT2D eigenvalue weighted by atomic mass is 10.3. The van der Waals surface area contributed by atoms with Crippen LogP contribution < -0.4 is 5.32 Å². The summed E-state index contributed by atoms with van der Waals surface area (Å²) in [6, 6.07) is 4.39. The van der Waals surface area contributed by atoms with Crippen molar-refractivity contribution in [2.24, 2.45) is 0 Å². The number of nitrogens with one attached hydrogen (secondary N) is 2. The van der Waals surface area contributed by atoms with Gasteiger partial charge < -0.3 is 9.55 Å². The standard InChI is InChI=1S/C16H18FN5O/c1-3-22-13-8-11(17)4-5-12(13)20-16(22)21-15(23)7-6-14-18-9-10(2)19-14/h4-5,8-9H,3,6-7H2,1-2H3,(H,18,19)(H,20,21,23). The van der Waals surface area contributed by atoms with Gasteiger partial charge in [0, 0.05) is 31.3 Å². The molecular formula is C16H18FN5O. The summed E-state index contributed by atoms with van der Waals surface area (Å²) in [5.41, 5.74) is 2.30. The normalized spacial score (nSPS) is 11.1. The number of aromatic nitrogens is 4. The van der Waals surface area contributed by atoms with Gasteiger partial charge >= 0.3 is 0 Å². The molecule has 0 spiro atoms. The van der Waals surface area contributed by atoms with Crippen LogP contribution in [0.2, 0.25) is 0 Å². The number of H-pyrrole nitrogens is 1. The molecule has 120 valence electrons. The number of hydrogen-bond donors (Lipinski definition) is 2. The molecule has 0 fully saturated rings. The van der Waals surface area contributed by atoms with E-state index in [1.807, 2.05) is 13.8 Å². The van der Waals surface area contributed by atoms with Crippen LogP contribution in [0.3, 0.4) is 0 Å². The Labute approximate surface area is 132 Å². The quantitative estimate of drug-likeness (QED) is 0.760. The van der Waals surface area contributed by atoms with Crippen molar-refractivity contribution in [3.05, 3.63) is 41.7 Å². The van der Waals surface area contributed by atoms with Crippen LogP contribution >= 0.6 is 0 Å². The summed E-state index contributed by atoms with van der Waals surface area (Å²) in [6.45, 7) is 4.43. The van der Waals surface area contributed by atoms with Gasteiger partial charge in [-0.25, -0.2) is 14.4 Å². The Hall–Kier alpha value is -2.70. The van der Waals surface area contributed by atoms with E-state index in [4.69, 9.17) is 0 Å². The minimum atomic E-state index is -0.321. The molecule has 0 aliphatic carbocycles. The van der Waals surface area contributed by atoms with Gasteiger partial charge in [0.15, 0.2) is 0 Å². The molecule has 2 N–H and O–H groups in total. The smallest absolute Gasteiger partial charge is 0.227 e. The summed E-state index contributed by atoms with van der Waals surface area (Å²) in [5.74, 6) is 0.750. The largest absolute Gasteiger partial charge is 0.346 e. The van der Waals surface area contributed by atoms with E-state index in [1.54, 1.807) is 16.8 Å². The van der Waals surface area contributed by atoms with Crippen LogP contribution in [0, 0.1) is 12.7 Å². The van der Waals surface area contributed by atoms with E-state index in [0.29, 0.717) is 36.4 Å². The minimum absolute atomic E-state index is 0.149. The Morgan fingerprint density at radius 1 is 1.43 bits per heavy atom. The molecule has 1 amide bonds. The molecule has 23 heavy (non-hydrogen) atoms. The highest BCUT2D eigenvalue weighted by molar-refractivity contribution is 5.91. The molecule has 2 heterocycles. The number of hydrogen-bond acceptors (Lipinski definition) is 3. The SMILES string of the molecule is CCn1c(NC(=O)CCc2ncc(C)[nH]2)nc2ccc(F)cc21. The molecule has 3 aromatic rings. The van der Waals surface area contributed by atoms with Gasteiger partial charge in [-0.3, -0.25) is 10.1 Å². The van der Waals surface area contributed by atoms with E-state index in [0.717, 1.165) is 11.5 Å². The van der Waals surface area contributed by atoms with Crippen LogP contribution in [-0.2, 0) is 17.8 Å². The predicted molar refractivity (Wildman–Crippen MR) is 85.6 cm³/mol. The van der Waals surface area contributed by atoms with Gasteiger partial charge in [0.2, 0.25) is 11.9 Å². The topological polar surface area (TPSA) is 75.6 Å². The van der Waals surface area contributed by atoms with Crippen LogP contribution in [-0.4, -0.2) is 25.4 Å². The average Bonchev–Trinajstić information content (AvgIpc) is 3.08. The Bertz CT molecular complexity index is 851. The maximum Gasteiger partial charge on any atom is 0.227 e. The van der Waals surface area contributed by atoms with Crippen LogP contribution in [0.1, 0.15) is 24.9 Å². The van der Waals surface area contributed by atoms with E-state index >= 15 is 0 Å². The van der Waals surface area contributed by atoms with Gasteiger partial charge in [0.05, 0.1) is 11.0 Å². The van der Waals surface area contributed by atoms with E-state index in [9.17, 15) is 9.18 Å². The number of carbonyl (C=O) groups excluding carboxylic acids is 1. The summed E-state index contributed by atoms with van der Waals surface area (Å²) in [7, 11) is 0. The summed E-state index contributed by atoms with van der Waals surface area (Å²) in [5, 5.41) is 2.80. The van der Waals surface area contributed by atoms with Crippen molar-refractivity contribution < 1.29 is 9.18 Å². The molecule has 0 aliphatic rings. The second kappa shape index (κ2) is 6.20. The summed E-state index contributed by atoms with van der Waals surface area (Å²) >= 11 is 0. The van der Waals surface area contributed by atoms with Gasteiger partial charge in [0.25, 0.3) is 0 Å². The number of imidazole rings is 2. The zero-order valence-corrected chi connectivity index (χ0v) is 13.1. The fraction of sp³-hybridized carbons (Fsp3) is 0.312. The van der Waals surface area contributed by atoms with Crippen molar-refractivity contribution in [1.82, 2.24) is 19.5 Å². The maximum absolute atomic E-state index is 13.4. The molecule has 0 saturated carbocycles. The number of halogens is 1.